The van der Waals surface area contributed by atoms with Crippen molar-refractivity contribution in [1.29, 1.82) is 0 Å². The van der Waals surface area contributed by atoms with Gasteiger partial charge in [-0.3, -0.25) is 6.08 Å². The van der Waals surface area contributed by atoms with Crippen molar-refractivity contribution in [3.63, 3.8) is 0 Å². The van der Waals surface area contributed by atoms with Crippen molar-refractivity contribution in [2.75, 3.05) is 0 Å². The molecule has 106 valence electrons. The molecular formula is C19H21OZn-. The third-order valence-electron chi connectivity index (χ3n) is 3.19. The molecule has 1 nitrogen and oxygen atoms in total. The molecule has 2 aromatic carbocycles. The Morgan fingerprint density at radius 3 is 2.19 bits per heavy atom. The molecule has 0 aromatic heterocycles. The Morgan fingerprint density at radius 2 is 1.62 bits per heavy atom. The van der Waals surface area contributed by atoms with Crippen LogP contribution in [0.25, 0.3) is 5.57 Å². The van der Waals surface area contributed by atoms with Gasteiger partial charge < -0.3 is 4.74 Å². The van der Waals surface area contributed by atoms with Gasteiger partial charge in [0.25, 0.3) is 0 Å². The van der Waals surface area contributed by atoms with Crippen LogP contribution in [-0.4, -0.2) is 0 Å². The number of allylic oxidation sites excluding steroid dienone is 2. The minimum absolute atomic E-state index is 0. The van der Waals surface area contributed by atoms with Crippen LogP contribution in [0.3, 0.4) is 0 Å². The van der Waals surface area contributed by atoms with E-state index in [9.17, 15) is 0 Å². The first-order valence-corrected chi connectivity index (χ1v) is 7.20. The predicted molar refractivity (Wildman–Crippen MR) is 84.4 cm³/mol. The number of benzene rings is 2. The molecule has 0 heterocycles. The van der Waals surface area contributed by atoms with E-state index in [0.29, 0.717) is 6.61 Å². The average Bonchev–Trinajstić information content (AvgIpc) is 2.52. The Morgan fingerprint density at radius 1 is 0.952 bits per heavy atom. The molecule has 0 amide bonds. The zero-order chi connectivity index (χ0) is 14.2. The molecule has 0 aliphatic carbocycles. The maximum atomic E-state index is 5.79. The molecule has 2 heteroatoms. The van der Waals surface area contributed by atoms with Gasteiger partial charge in [0.05, 0.1) is 0 Å². The monoisotopic (exact) mass is 329 g/mol. The largest absolute Gasteiger partial charge is 0.489 e. The number of hydrogen-bond donors (Lipinski definition) is 0. The maximum absolute atomic E-state index is 5.79. The smallest absolute Gasteiger partial charge is 0.116 e. The quantitative estimate of drug-likeness (QED) is 0.518. The van der Waals surface area contributed by atoms with Gasteiger partial charge in [0.1, 0.15) is 12.4 Å². The zero-order valence-electron chi connectivity index (χ0n) is 12.9. The Hall–Kier alpha value is -1.40. The summed E-state index contributed by atoms with van der Waals surface area (Å²) in [4.78, 5) is 0. The molecule has 0 saturated carbocycles. The predicted octanol–water partition coefficient (Wildman–Crippen LogP) is 5.27. The molecule has 0 spiro atoms. The molecule has 0 aliphatic heterocycles. The summed E-state index contributed by atoms with van der Waals surface area (Å²) in [7, 11) is 0. The van der Waals surface area contributed by atoms with Crippen LogP contribution in [0.2, 0.25) is 0 Å². The molecule has 0 unspecified atom stereocenters. The van der Waals surface area contributed by atoms with Crippen molar-refractivity contribution in [3.8, 4) is 5.75 Å². The van der Waals surface area contributed by atoms with Gasteiger partial charge in [0, 0.05) is 19.5 Å². The molecule has 0 N–H and O–H groups in total. The molecule has 0 radical (unpaired) electrons. The molecule has 2 rings (SSSR count). The molecule has 2 aromatic rings. The fraction of sp³-hybridized carbons (Fsp3) is 0.263. The van der Waals surface area contributed by atoms with E-state index in [1.165, 1.54) is 16.7 Å². The summed E-state index contributed by atoms with van der Waals surface area (Å²) in [5.74, 6) is 0.907. The first-order valence-electron chi connectivity index (χ1n) is 7.20. The average molecular weight is 331 g/mol. The summed E-state index contributed by atoms with van der Waals surface area (Å²) in [5.41, 5.74) is 3.70. The Bertz CT molecular complexity index is 544. The summed E-state index contributed by atoms with van der Waals surface area (Å²) >= 11 is 0. The molecule has 0 saturated heterocycles. The van der Waals surface area contributed by atoms with E-state index < -0.39 is 0 Å². The molecule has 0 atom stereocenters. The van der Waals surface area contributed by atoms with E-state index in [2.05, 4.69) is 44.2 Å². The van der Waals surface area contributed by atoms with E-state index >= 15 is 0 Å². The van der Waals surface area contributed by atoms with Crippen molar-refractivity contribution >= 4 is 5.57 Å². The fourth-order valence-electron chi connectivity index (χ4n) is 2.14. The van der Waals surface area contributed by atoms with Crippen molar-refractivity contribution in [2.24, 2.45) is 0 Å². The second-order valence-electron chi connectivity index (χ2n) is 4.66. The molecule has 21 heavy (non-hydrogen) atoms. The van der Waals surface area contributed by atoms with Gasteiger partial charge in [-0.25, -0.2) is 5.57 Å². The molecule has 0 aliphatic rings. The van der Waals surface area contributed by atoms with Gasteiger partial charge in [-0.1, -0.05) is 50.6 Å². The maximum Gasteiger partial charge on any atom is 0.116 e. The van der Waals surface area contributed by atoms with Crippen LogP contribution in [-0.2, 0) is 26.1 Å². The summed E-state index contributed by atoms with van der Waals surface area (Å²) < 4.78 is 5.79. The topological polar surface area (TPSA) is 9.23 Å². The minimum atomic E-state index is 0. The van der Waals surface area contributed by atoms with Crippen LogP contribution in [0.4, 0.5) is 0 Å². The van der Waals surface area contributed by atoms with E-state index in [1.54, 1.807) is 0 Å². The van der Waals surface area contributed by atoms with Gasteiger partial charge in [0.15, 0.2) is 0 Å². The van der Waals surface area contributed by atoms with Crippen LogP contribution in [0.15, 0.2) is 54.6 Å². The van der Waals surface area contributed by atoms with Gasteiger partial charge in [-0.2, -0.15) is 5.56 Å². The van der Waals surface area contributed by atoms with E-state index in [-0.39, 0.29) is 19.5 Å². The van der Waals surface area contributed by atoms with Crippen molar-refractivity contribution < 1.29 is 24.2 Å². The van der Waals surface area contributed by atoms with E-state index in [0.717, 1.165) is 18.6 Å². The van der Waals surface area contributed by atoms with Crippen LogP contribution < -0.4 is 4.74 Å². The summed E-state index contributed by atoms with van der Waals surface area (Å²) in [6.07, 6.45) is 5.37. The van der Waals surface area contributed by atoms with Crippen molar-refractivity contribution in [2.45, 2.75) is 33.3 Å². The fourth-order valence-corrected chi connectivity index (χ4v) is 2.14. The van der Waals surface area contributed by atoms with Crippen LogP contribution in [0.5, 0.6) is 5.75 Å². The zero-order valence-corrected chi connectivity index (χ0v) is 15.9. The Balaban J connectivity index is 0.00000220. The molecular weight excluding hydrogens is 310 g/mol. The normalized spacial score (nSPS) is 10.9. The van der Waals surface area contributed by atoms with Crippen LogP contribution in [0, 0.1) is 6.08 Å². The second-order valence-corrected chi connectivity index (χ2v) is 4.66. The van der Waals surface area contributed by atoms with Crippen LogP contribution >= 0.6 is 0 Å². The van der Waals surface area contributed by atoms with E-state index in [4.69, 9.17) is 4.74 Å². The third-order valence-corrected chi connectivity index (χ3v) is 3.19. The van der Waals surface area contributed by atoms with Gasteiger partial charge in [0.2, 0.25) is 0 Å². The standard InChI is InChI=1S/C19H21O.Zn/c1-3-8-17(4-2)18-11-13-19(14-12-18)20-15-16-9-6-5-7-10-16;/h5-7,9-14H,3-4,15H2,1-2H3;/q-1;. The first kappa shape index (κ1) is 17.7. The van der Waals surface area contributed by atoms with Crippen molar-refractivity contribution in [3.05, 3.63) is 71.8 Å². The molecule has 0 fully saturated rings. The Kier molecular flexibility index (Phi) is 8.01. The number of rotatable bonds is 6. The van der Waals surface area contributed by atoms with Gasteiger partial charge >= 0.3 is 0 Å². The minimum Gasteiger partial charge on any atom is -0.489 e. The Labute approximate surface area is 140 Å². The molecule has 0 bridgehead atoms. The van der Waals surface area contributed by atoms with Crippen LogP contribution in [0.1, 0.15) is 37.8 Å². The summed E-state index contributed by atoms with van der Waals surface area (Å²) in [6.45, 7) is 4.89. The third kappa shape index (κ3) is 5.48. The summed E-state index contributed by atoms with van der Waals surface area (Å²) in [6, 6.07) is 18.5. The SMILES string of the molecule is CC[C-]=C(CC)c1ccc(OCc2ccccc2)cc1.[Zn]. The van der Waals surface area contributed by atoms with Gasteiger partial charge in [-0.05, 0) is 17.7 Å². The van der Waals surface area contributed by atoms with Gasteiger partial charge in [-0.15, -0.1) is 18.6 Å². The van der Waals surface area contributed by atoms with E-state index in [1.807, 2.05) is 30.3 Å². The number of hydrogen-bond acceptors (Lipinski definition) is 1. The van der Waals surface area contributed by atoms with Crippen molar-refractivity contribution in [1.82, 2.24) is 0 Å². The first-order chi connectivity index (χ1) is 9.83. The number of ether oxygens (including phenoxy) is 1. The second kappa shape index (κ2) is 9.52. The summed E-state index contributed by atoms with van der Waals surface area (Å²) in [5, 5.41) is 0.